The van der Waals surface area contributed by atoms with Crippen LogP contribution in [0.1, 0.15) is 43.1 Å². The van der Waals surface area contributed by atoms with Gasteiger partial charge in [-0.1, -0.05) is 41.0 Å². The van der Waals surface area contributed by atoms with E-state index in [1.807, 2.05) is 13.8 Å². The molecule has 1 fully saturated rings. The lowest BCUT2D eigenvalue weighted by Gasteiger charge is -2.40. The van der Waals surface area contributed by atoms with Crippen molar-refractivity contribution in [2.75, 3.05) is 6.54 Å². The van der Waals surface area contributed by atoms with E-state index in [1.54, 1.807) is 24.3 Å². The van der Waals surface area contributed by atoms with Gasteiger partial charge in [-0.3, -0.25) is 9.59 Å². The first-order valence-electron chi connectivity index (χ1n) is 11.1. The molecule has 0 bridgehead atoms. The van der Waals surface area contributed by atoms with Gasteiger partial charge >= 0.3 is 6.61 Å². The zero-order valence-corrected chi connectivity index (χ0v) is 20.4. The van der Waals surface area contributed by atoms with Crippen molar-refractivity contribution in [1.82, 2.24) is 10.2 Å². The minimum Gasteiger partial charge on any atom is -0.435 e. The summed E-state index contributed by atoms with van der Waals surface area (Å²) in [6.45, 7) is 1.05. The van der Waals surface area contributed by atoms with E-state index in [0.717, 1.165) is 17.7 Å². The summed E-state index contributed by atoms with van der Waals surface area (Å²) in [4.78, 5) is 31.8. The van der Waals surface area contributed by atoms with Gasteiger partial charge in [0.1, 0.15) is 17.9 Å². The van der Waals surface area contributed by atoms with E-state index in [4.69, 9.17) is 22.2 Å². The number of carbonyl (C=O) groups excluding carboxylic acids is 2. The van der Waals surface area contributed by atoms with E-state index in [0.29, 0.717) is 12.0 Å². The largest absolute Gasteiger partial charge is 0.435 e. The van der Waals surface area contributed by atoms with Crippen LogP contribution in [0, 0.1) is 0 Å². The average molecular weight is 525 g/mol. The molecule has 1 aliphatic heterocycles. The van der Waals surface area contributed by atoms with Crippen LogP contribution in [0.4, 0.5) is 8.78 Å². The van der Waals surface area contributed by atoms with Gasteiger partial charge in [0.05, 0.1) is 0 Å². The molecule has 4 N–H and O–H groups in total. The lowest BCUT2D eigenvalue weighted by atomic mass is 9.98. The number of carbonyl (C=O) groups is 2. The molecule has 3 rings (SSSR count). The van der Waals surface area contributed by atoms with Gasteiger partial charge in [-0.2, -0.15) is 8.78 Å². The molecule has 2 aromatic rings. The molecule has 2 unspecified atom stereocenters. The quantitative estimate of drug-likeness (QED) is 0.249. The Morgan fingerprint density at radius 3 is 2.53 bits per heavy atom. The molecule has 12 heteroatoms. The van der Waals surface area contributed by atoms with Crippen LogP contribution in [0.25, 0.3) is 0 Å². The number of aliphatic hydroxyl groups is 1. The highest BCUT2D eigenvalue weighted by Gasteiger charge is 2.40. The molecule has 0 saturated carbocycles. The minimum absolute atomic E-state index is 0.0133. The van der Waals surface area contributed by atoms with Crippen LogP contribution >= 0.6 is 11.6 Å². The zero-order chi connectivity index (χ0) is 26.4. The Labute approximate surface area is 211 Å². The molecule has 0 spiro atoms. The minimum atomic E-state index is -3.09. The van der Waals surface area contributed by atoms with Crippen molar-refractivity contribution in [3.05, 3.63) is 64.2 Å². The maximum Gasteiger partial charge on any atom is 0.387 e. The lowest BCUT2D eigenvalue weighted by Crippen LogP contribution is -2.59. The first-order chi connectivity index (χ1) is 17.0. The van der Waals surface area contributed by atoms with Crippen molar-refractivity contribution in [1.29, 1.82) is 0 Å². The Morgan fingerprint density at radius 2 is 1.94 bits per heavy atom. The van der Waals surface area contributed by atoms with Crippen molar-refractivity contribution >= 4 is 29.3 Å². The van der Waals surface area contributed by atoms with Crippen LogP contribution in [0.3, 0.4) is 0 Å². The van der Waals surface area contributed by atoms with Gasteiger partial charge in [0.25, 0.3) is 5.91 Å². The number of hydrogen-bond acceptors (Lipinski definition) is 6. The standard InChI is InChI=1S/C24H27ClF2N4O5/c1-13(2)36-30-21(28)15-5-3-14(4-6-15)12-29-22(33)19-7-8-31(19)23(34)20(32)16-9-17(25)11-18(10-16)35-24(26)27/h3-6,9-11,13,19-20,24,32H,7-8,12H2,1-2H3,(H2,28,30)(H,29,33). The number of amidine groups is 1. The lowest BCUT2D eigenvalue weighted by molar-refractivity contribution is -0.154. The fourth-order valence-electron chi connectivity index (χ4n) is 3.45. The van der Waals surface area contributed by atoms with Crippen LogP contribution in [-0.4, -0.2) is 53.0 Å². The maximum absolute atomic E-state index is 12.8. The summed E-state index contributed by atoms with van der Waals surface area (Å²) in [5, 5.41) is 17.1. The smallest absolute Gasteiger partial charge is 0.387 e. The Balaban J connectivity index is 1.57. The van der Waals surface area contributed by atoms with E-state index in [2.05, 4.69) is 15.2 Å². The summed E-state index contributed by atoms with van der Waals surface area (Å²) in [6.07, 6.45) is -1.38. The number of ether oxygens (including phenoxy) is 1. The van der Waals surface area contributed by atoms with Gasteiger partial charge < -0.3 is 30.6 Å². The Bertz CT molecular complexity index is 1110. The molecule has 194 valence electrons. The van der Waals surface area contributed by atoms with Crippen LogP contribution in [0.2, 0.25) is 5.02 Å². The van der Waals surface area contributed by atoms with Crippen LogP contribution in [0.5, 0.6) is 5.75 Å². The third-order valence-electron chi connectivity index (χ3n) is 5.35. The van der Waals surface area contributed by atoms with E-state index in [1.165, 1.54) is 11.0 Å². The van der Waals surface area contributed by atoms with Gasteiger partial charge in [0.2, 0.25) is 5.91 Å². The number of nitrogens with one attached hydrogen (secondary N) is 1. The summed E-state index contributed by atoms with van der Waals surface area (Å²) >= 11 is 5.90. The van der Waals surface area contributed by atoms with Gasteiger partial charge in [-0.05, 0) is 49.6 Å². The molecule has 2 atom stereocenters. The van der Waals surface area contributed by atoms with Crippen LogP contribution < -0.4 is 15.8 Å². The second-order valence-electron chi connectivity index (χ2n) is 8.38. The number of amides is 2. The molecule has 2 aromatic carbocycles. The number of likely N-dealkylation sites (tertiary alicyclic amines) is 1. The van der Waals surface area contributed by atoms with Crippen molar-refractivity contribution in [3.63, 3.8) is 0 Å². The number of hydrogen-bond donors (Lipinski definition) is 3. The fraction of sp³-hybridized carbons (Fsp3) is 0.375. The van der Waals surface area contributed by atoms with Gasteiger partial charge in [0, 0.05) is 23.7 Å². The summed E-state index contributed by atoms with van der Waals surface area (Å²) in [5.41, 5.74) is 7.32. The number of rotatable bonds is 10. The topological polar surface area (TPSA) is 126 Å². The summed E-state index contributed by atoms with van der Waals surface area (Å²) in [7, 11) is 0. The number of oxime groups is 1. The number of nitrogens with two attached hydrogens (primary N) is 1. The molecule has 1 saturated heterocycles. The number of benzene rings is 2. The molecule has 0 aromatic heterocycles. The molecule has 1 aliphatic rings. The third-order valence-corrected chi connectivity index (χ3v) is 5.57. The van der Waals surface area contributed by atoms with E-state index in [9.17, 15) is 23.5 Å². The highest BCUT2D eigenvalue weighted by molar-refractivity contribution is 6.30. The molecular formula is C24H27ClF2N4O5. The van der Waals surface area contributed by atoms with Crippen molar-refractivity contribution in [3.8, 4) is 5.75 Å². The van der Waals surface area contributed by atoms with E-state index in [-0.39, 0.29) is 47.3 Å². The number of nitrogens with zero attached hydrogens (tertiary/aromatic N) is 2. The van der Waals surface area contributed by atoms with Crippen LogP contribution in [0.15, 0.2) is 47.6 Å². The monoisotopic (exact) mass is 524 g/mol. The van der Waals surface area contributed by atoms with E-state index >= 15 is 0 Å². The molecular weight excluding hydrogens is 498 g/mol. The third kappa shape index (κ3) is 7.05. The molecule has 9 nitrogen and oxygen atoms in total. The Morgan fingerprint density at radius 1 is 1.25 bits per heavy atom. The maximum atomic E-state index is 12.8. The summed E-state index contributed by atoms with van der Waals surface area (Å²) in [5.74, 6) is -1.18. The van der Waals surface area contributed by atoms with Crippen LogP contribution in [-0.2, 0) is 21.0 Å². The summed E-state index contributed by atoms with van der Waals surface area (Å²) in [6, 6.07) is 9.80. The van der Waals surface area contributed by atoms with Gasteiger partial charge in [-0.25, -0.2) is 0 Å². The molecule has 2 amide bonds. The predicted octanol–water partition coefficient (Wildman–Crippen LogP) is 2.94. The number of alkyl halides is 2. The average Bonchev–Trinajstić information content (AvgIpc) is 2.79. The van der Waals surface area contributed by atoms with Crippen molar-refractivity contribution < 1.29 is 33.1 Å². The summed E-state index contributed by atoms with van der Waals surface area (Å²) < 4.78 is 29.3. The van der Waals surface area contributed by atoms with Crippen molar-refractivity contribution in [2.24, 2.45) is 10.9 Å². The fourth-order valence-corrected chi connectivity index (χ4v) is 3.69. The molecule has 1 heterocycles. The zero-order valence-electron chi connectivity index (χ0n) is 19.7. The first-order valence-corrected chi connectivity index (χ1v) is 11.5. The SMILES string of the molecule is CC(C)O/N=C(/N)c1ccc(CNC(=O)C2CCN2C(=O)C(O)c2cc(Cl)cc(OC(F)F)c2)cc1. The second kappa shape index (κ2) is 12.0. The highest BCUT2D eigenvalue weighted by atomic mass is 35.5. The second-order valence-corrected chi connectivity index (χ2v) is 8.82. The Hall–Kier alpha value is -3.44. The number of halogens is 3. The highest BCUT2D eigenvalue weighted by Crippen LogP contribution is 2.29. The predicted molar refractivity (Wildman–Crippen MR) is 128 cm³/mol. The Kier molecular flexibility index (Phi) is 9.05. The van der Waals surface area contributed by atoms with E-state index < -0.39 is 24.7 Å². The molecule has 36 heavy (non-hydrogen) atoms. The normalized spacial score (nSPS) is 16.5. The van der Waals surface area contributed by atoms with Crippen molar-refractivity contribution in [2.45, 2.75) is 51.7 Å². The first kappa shape index (κ1) is 27.2. The van der Waals surface area contributed by atoms with Gasteiger partial charge in [0.15, 0.2) is 11.9 Å². The number of aliphatic hydroxyl groups excluding tert-OH is 1. The van der Waals surface area contributed by atoms with Gasteiger partial charge in [-0.15, -0.1) is 0 Å². The molecule has 0 aliphatic carbocycles. The molecule has 0 radical (unpaired) electrons.